The fraction of sp³-hybridized carbons (Fsp3) is 0.600. The fourth-order valence-corrected chi connectivity index (χ4v) is 0.228. The summed E-state index contributed by atoms with van der Waals surface area (Å²) in [7, 11) is 0. The van der Waals surface area contributed by atoms with Crippen LogP contribution in [0, 0.1) is 0 Å². The quantitative estimate of drug-likeness (QED) is 0.449. The number of aliphatic hydroxyl groups is 1. The first-order valence-electron chi connectivity index (χ1n) is 3.75. The molecule has 1 atom stereocenters. The van der Waals surface area contributed by atoms with Gasteiger partial charge < -0.3 is 24.9 Å². The van der Waals surface area contributed by atoms with Crippen molar-refractivity contribution in [1.29, 1.82) is 0 Å². The first kappa shape index (κ1) is 11.0. The Morgan fingerprint density at radius 2 is 1.92 bits per heavy atom. The Labute approximate surface area is 118 Å². The third-order valence-electron chi connectivity index (χ3n) is 0.594. The van der Waals surface area contributed by atoms with Gasteiger partial charge >= 0.3 is 59.1 Å². The molecule has 1 N–H and O–H groups in total. The van der Waals surface area contributed by atoms with Gasteiger partial charge in [0, 0.05) is 8.71 Å². The molecule has 0 radical (unpaired) electrons. The van der Waals surface area contributed by atoms with Crippen LogP contribution in [0.25, 0.3) is 0 Å². The van der Waals surface area contributed by atoms with Crippen molar-refractivity contribution >= 4 is 11.9 Å². The van der Waals surface area contributed by atoms with Crippen LogP contribution in [0.4, 0.5) is 0 Å². The van der Waals surface area contributed by atoms with Gasteiger partial charge in [0.1, 0.15) is 0 Å². The smallest absolute Gasteiger partial charge is 0.550 e. The zero-order valence-electron chi connectivity index (χ0n) is 9.79. The van der Waals surface area contributed by atoms with Gasteiger partial charge in [-0.1, -0.05) is 0 Å². The Morgan fingerprint density at radius 3 is 2.17 bits per heavy atom. The van der Waals surface area contributed by atoms with Crippen molar-refractivity contribution in [2.24, 2.45) is 0 Å². The van der Waals surface area contributed by atoms with Crippen LogP contribution < -0.4 is 69.3 Å². The predicted octanol–water partition coefficient (Wildman–Crippen LogP) is -9.36. The second kappa shape index (κ2) is 9.98. The molecule has 0 spiro atoms. The molecule has 0 saturated heterocycles. The van der Waals surface area contributed by atoms with Crippen LogP contribution >= 0.6 is 0 Å². The maximum absolute atomic E-state index is 10.0. The molecule has 0 bridgehead atoms. The van der Waals surface area contributed by atoms with E-state index in [9.17, 15) is 19.8 Å². The van der Waals surface area contributed by atoms with E-state index in [0.717, 1.165) is 0 Å². The summed E-state index contributed by atoms with van der Waals surface area (Å²) in [6.45, 7) is 0. The zero-order valence-corrected chi connectivity index (χ0v) is 10.8. The predicted molar refractivity (Wildman–Crippen MR) is 25.3 cm³/mol. The van der Waals surface area contributed by atoms with Crippen LogP contribution in [0.3, 0.4) is 0 Å². The average molecular weight is 195 g/mol. The zero-order chi connectivity index (χ0) is 10.9. The monoisotopic (exact) mass is 195 g/mol. The van der Waals surface area contributed by atoms with Crippen LogP contribution in [-0.4, -0.2) is 23.1 Å². The summed E-state index contributed by atoms with van der Waals surface area (Å²) < 4.78 is 20.2. The van der Waals surface area contributed by atoms with Crippen molar-refractivity contribution in [2.45, 2.75) is 18.9 Å². The molecule has 0 aliphatic heterocycles. The maximum atomic E-state index is 10.0. The number of aliphatic carboxylic acids is 2. The van der Waals surface area contributed by atoms with E-state index in [-0.39, 0.29) is 59.1 Å². The van der Waals surface area contributed by atoms with Crippen molar-refractivity contribution in [3.8, 4) is 0 Å². The van der Waals surface area contributed by atoms with Crippen LogP contribution in [0.15, 0.2) is 0 Å². The van der Waals surface area contributed by atoms with Gasteiger partial charge in [-0.15, -0.1) is 0 Å². The first-order valence-corrected chi connectivity index (χ1v) is 2.25. The summed E-state index contributed by atoms with van der Waals surface area (Å²) in [5, 5.41) is 28.7. The van der Waals surface area contributed by atoms with Gasteiger partial charge in [-0.2, -0.15) is 0 Å². The number of rotatable bonds is 4. The molecule has 0 rings (SSSR count). The standard InChI is InChI=1S/C5H8O5.2Na/c6-3(5(9)10)1-2-4(7)8;;/h3,6H,1-2H2,(H,7,8)(H,9,10);;/q;2*+1/p-2/i1D2,3D;;. The van der Waals surface area contributed by atoms with E-state index in [0.29, 0.717) is 0 Å². The molecule has 0 aliphatic carbocycles. The van der Waals surface area contributed by atoms with E-state index in [4.69, 9.17) is 9.22 Å². The molecule has 1 unspecified atom stereocenters. The second-order valence-electron chi connectivity index (χ2n) is 1.36. The van der Waals surface area contributed by atoms with Crippen LogP contribution in [0.1, 0.15) is 16.9 Å². The molecule has 0 amide bonds. The molecule has 0 aromatic heterocycles. The molecule has 0 aromatic carbocycles. The SMILES string of the molecule is [2H]C([2H])(CC(=O)[O-])C([2H])(O)C(=O)[O-].[Na+].[Na+]. The van der Waals surface area contributed by atoms with Gasteiger partial charge in [0.25, 0.3) is 0 Å². The van der Waals surface area contributed by atoms with E-state index < -0.39 is 30.8 Å². The third-order valence-corrected chi connectivity index (χ3v) is 0.594. The molecule has 0 aromatic rings. The normalized spacial score (nSPS) is 17.9. The summed E-state index contributed by atoms with van der Waals surface area (Å²) >= 11 is 0. The average Bonchev–Trinajstić information content (AvgIpc) is 1.83. The molecule has 7 heteroatoms. The Morgan fingerprint density at radius 1 is 1.50 bits per heavy atom. The van der Waals surface area contributed by atoms with Gasteiger partial charge in [0.2, 0.25) is 0 Å². The summed E-state index contributed by atoms with van der Waals surface area (Å²) in [5.74, 6) is -4.31. The van der Waals surface area contributed by atoms with E-state index in [2.05, 4.69) is 0 Å². The molecule has 12 heavy (non-hydrogen) atoms. The Balaban J connectivity index is -0.000000720. The first-order chi connectivity index (χ1) is 5.61. The topological polar surface area (TPSA) is 100 Å². The van der Waals surface area contributed by atoms with Gasteiger partial charge in [-0.3, -0.25) is 0 Å². The Bertz CT molecular complexity index is 245. The number of carbonyl (C=O) groups is 2. The van der Waals surface area contributed by atoms with Crippen molar-refractivity contribution in [1.82, 2.24) is 0 Å². The van der Waals surface area contributed by atoms with Gasteiger partial charge in [0.15, 0.2) is 0 Å². The number of carboxylic acid groups (broad SMARTS) is 2. The van der Waals surface area contributed by atoms with E-state index in [1.54, 1.807) is 0 Å². The molecule has 5 nitrogen and oxygen atoms in total. The van der Waals surface area contributed by atoms with E-state index in [1.165, 1.54) is 0 Å². The van der Waals surface area contributed by atoms with Crippen molar-refractivity contribution in [3.05, 3.63) is 0 Å². The van der Waals surface area contributed by atoms with Crippen LogP contribution in [-0.2, 0) is 9.59 Å². The van der Waals surface area contributed by atoms with Gasteiger partial charge in [0.05, 0.1) is 13.4 Å². The van der Waals surface area contributed by atoms with Gasteiger partial charge in [-0.25, -0.2) is 0 Å². The molecule has 0 heterocycles. The minimum Gasteiger partial charge on any atom is -0.550 e. The number of carboxylic acids is 2. The minimum atomic E-state index is -3.60. The minimum absolute atomic E-state index is 0. The number of hydrogen-bond donors (Lipinski definition) is 1. The summed E-state index contributed by atoms with van der Waals surface area (Å²) in [6, 6.07) is 0. The Kier molecular flexibility index (Phi) is 9.13. The molecule has 0 fully saturated rings. The number of carbonyl (C=O) groups excluding carboxylic acids is 2. The van der Waals surface area contributed by atoms with Gasteiger partial charge in [-0.05, 0) is 12.8 Å². The van der Waals surface area contributed by atoms with Crippen LogP contribution in [0.5, 0.6) is 0 Å². The van der Waals surface area contributed by atoms with Crippen LogP contribution in [0.2, 0.25) is 0 Å². The second-order valence-corrected chi connectivity index (χ2v) is 1.36. The van der Waals surface area contributed by atoms with E-state index in [1.807, 2.05) is 0 Å². The molecular formula is C5H6Na2O5. The van der Waals surface area contributed by atoms with E-state index >= 15 is 0 Å². The summed E-state index contributed by atoms with van der Waals surface area (Å²) in [6.07, 6.45) is -8.17. The fourth-order valence-electron chi connectivity index (χ4n) is 0.228. The maximum Gasteiger partial charge on any atom is 1.00 e. The Hall–Kier alpha value is 0.900. The molecular weight excluding hydrogens is 186 g/mol. The third kappa shape index (κ3) is 10.9. The van der Waals surface area contributed by atoms with Crippen molar-refractivity contribution < 1.29 is 88.1 Å². The molecule has 0 aliphatic rings. The molecule has 58 valence electrons. The largest absolute Gasteiger partial charge is 1.00 e. The molecule has 0 saturated carbocycles. The summed E-state index contributed by atoms with van der Waals surface area (Å²) in [5.41, 5.74) is 0. The number of hydrogen-bond acceptors (Lipinski definition) is 5. The van der Waals surface area contributed by atoms with Crippen molar-refractivity contribution in [2.75, 3.05) is 0 Å². The summed E-state index contributed by atoms with van der Waals surface area (Å²) in [4.78, 5) is 20.0. The van der Waals surface area contributed by atoms with Crippen molar-refractivity contribution in [3.63, 3.8) is 0 Å².